The second-order valence-corrected chi connectivity index (χ2v) is 6.09. The average molecular weight is 321 g/mol. The Labute approximate surface area is 147 Å². The third kappa shape index (κ3) is 2.41. The Balaban J connectivity index is 2.11. The molecule has 0 unspecified atom stereocenters. The first-order valence-corrected chi connectivity index (χ1v) is 8.31. The fourth-order valence-corrected chi connectivity index (χ4v) is 3.35. The van der Waals surface area contributed by atoms with Gasteiger partial charge >= 0.3 is 0 Å². The molecule has 1 heteroatoms. The number of hydrogen-bond acceptors (Lipinski definition) is 0. The molecule has 0 bridgehead atoms. The van der Waals surface area contributed by atoms with Gasteiger partial charge in [0.1, 0.15) is 0 Å². The lowest BCUT2D eigenvalue weighted by Crippen LogP contribution is -1.93. The molecule has 0 atom stereocenters. The number of nitrogens with zero attached hydrogens (tertiary/aromatic N) is 1. The molecule has 4 rings (SSSR count). The van der Waals surface area contributed by atoms with Gasteiger partial charge in [-0.25, -0.2) is 0 Å². The van der Waals surface area contributed by atoms with E-state index in [0.29, 0.717) is 0 Å². The number of benzene rings is 3. The molecular weight excluding hydrogens is 302 g/mol. The van der Waals surface area contributed by atoms with E-state index >= 15 is 0 Å². The minimum atomic E-state index is 1.12. The summed E-state index contributed by atoms with van der Waals surface area (Å²) in [6.45, 7) is 11.6. The van der Waals surface area contributed by atoms with Crippen LogP contribution in [0.4, 0.5) is 0 Å². The summed E-state index contributed by atoms with van der Waals surface area (Å²) in [4.78, 5) is 0. The van der Waals surface area contributed by atoms with Gasteiger partial charge in [0.25, 0.3) is 0 Å². The zero-order valence-electron chi connectivity index (χ0n) is 14.1. The zero-order valence-corrected chi connectivity index (χ0v) is 14.1. The molecule has 0 saturated heterocycles. The zero-order chi connectivity index (χ0) is 17.4. The summed E-state index contributed by atoms with van der Waals surface area (Å²) >= 11 is 0. The monoisotopic (exact) mass is 321 g/mol. The SMILES string of the molecule is C=Cc1ccc(-n2c3ccc(C=C)cc3c3cc(C=C)ccc32)cc1. The molecular formula is C24H19N. The molecule has 0 aliphatic carbocycles. The van der Waals surface area contributed by atoms with Crippen molar-refractivity contribution in [2.75, 3.05) is 0 Å². The summed E-state index contributed by atoms with van der Waals surface area (Å²) in [5.41, 5.74) is 6.88. The molecule has 0 N–H and O–H groups in total. The summed E-state index contributed by atoms with van der Waals surface area (Å²) in [6.07, 6.45) is 5.64. The number of hydrogen-bond donors (Lipinski definition) is 0. The molecule has 1 nitrogen and oxygen atoms in total. The van der Waals surface area contributed by atoms with Gasteiger partial charge in [-0.3, -0.25) is 0 Å². The van der Waals surface area contributed by atoms with Crippen LogP contribution in [0, 0.1) is 0 Å². The van der Waals surface area contributed by atoms with E-state index in [1.165, 1.54) is 21.8 Å². The topological polar surface area (TPSA) is 4.93 Å². The predicted octanol–water partition coefficient (Wildman–Crippen LogP) is 6.71. The van der Waals surface area contributed by atoms with Crippen LogP contribution in [0.5, 0.6) is 0 Å². The lowest BCUT2D eigenvalue weighted by atomic mass is 10.1. The van der Waals surface area contributed by atoms with Crippen LogP contribution in [0.25, 0.3) is 45.7 Å². The molecule has 0 radical (unpaired) electrons. The normalized spacial score (nSPS) is 10.9. The Morgan fingerprint density at radius 3 is 1.44 bits per heavy atom. The summed E-state index contributed by atoms with van der Waals surface area (Å²) in [5, 5.41) is 2.45. The van der Waals surface area contributed by atoms with Crippen molar-refractivity contribution < 1.29 is 0 Å². The second-order valence-electron chi connectivity index (χ2n) is 6.09. The van der Waals surface area contributed by atoms with E-state index in [0.717, 1.165) is 22.4 Å². The average Bonchev–Trinajstić information content (AvgIpc) is 3.00. The van der Waals surface area contributed by atoms with Crippen LogP contribution in [-0.4, -0.2) is 4.57 Å². The van der Waals surface area contributed by atoms with Gasteiger partial charge in [-0.05, 0) is 53.1 Å². The van der Waals surface area contributed by atoms with Crippen LogP contribution < -0.4 is 0 Å². The minimum Gasteiger partial charge on any atom is -0.309 e. The minimum absolute atomic E-state index is 1.12. The first-order chi connectivity index (χ1) is 12.2. The summed E-state index contributed by atoms with van der Waals surface area (Å²) in [5.74, 6) is 0. The molecule has 0 amide bonds. The Kier molecular flexibility index (Phi) is 3.62. The largest absolute Gasteiger partial charge is 0.309 e. The quantitative estimate of drug-likeness (QED) is 0.393. The maximum absolute atomic E-state index is 3.90. The highest BCUT2D eigenvalue weighted by Crippen LogP contribution is 2.33. The maximum atomic E-state index is 3.90. The lowest BCUT2D eigenvalue weighted by Gasteiger charge is -2.08. The van der Waals surface area contributed by atoms with E-state index < -0.39 is 0 Å². The van der Waals surface area contributed by atoms with Crippen LogP contribution in [0.2, 0.25) is 0 Å². The predicted molar refractivity (Wildman–Crippen MR) is 111 cm³/mol. The van der Waals surface area contributed by atoms with Crippen molar-refractivity contribution >= 4 is 40.0 Å². The Bertz CT molecular complexity index is 1060. The smallest absolute Gasteiger partial charge is 0.0541 e. The van der Waals surface area contributed by atoms with Gasteiger partial charge in [-0.15, -0.1) is 0 Å². The third-order valence-corrected chi connectivity index (χ3v) is 4.67. The highest BCUT2D eigenvalue weighted by Gasteiger charge is 2.12. The molecule has 0 spiro atoms. The molecule has 0 aliphatic heterocycles. The van der Waals surface area contributed by atoms with E-state index in [4.69, 9.17) is 0 Å². The summed E-state index contributed by atoms with van der Waals surface area (Å²) < 4.78 is 2.30. The highest BCUT2D eigenvalue weighted by atomic mass is 15.0. The van der Waals surface area contributed by atoms with Crippen LogP contribution in [-0.2, 0) is 0 Å². The van der Waals surface area contributed by atoms with Gasteiger partial charge in [0.2, 0.25) is 0 Å². The van der Waals surface area contributed by atoms with Crippen molar-refractivity contribution in [2.45, 2.75) is 0 Å². The van der Waals surface area contributed by atoms with E-state index in [1.807, 2.05) is 18.2 Å². The van der Waals surface area contributed by atoms with Crippen molar-refractivity contribution in [1.29, 1.82) is 0 Å². The molecule has 25 heavy (non-hydrogen) atoms. The molecule has 4 aromatic rings. The number of aromatic nitrogens is 1. The molecule has 1 aromatic heterocycles. The fourth-order valence-electron chi connectivity index (χ4n) is 3.35. The van der Waals surface area contributed by atoms with Gasteiger partial charge in [-0.2, -0.15) is 0 Å². The molecule has 3 aromatic carbocycles. The summed E-state index contributed by atoms with van der Waals surface area (Å²) in [7, 11) is 0. The van der Waals surface area contributed by atoms with Crippen LogP contribution in [0.1, 0.15) is 16.7 Å². The van der Waals surface area contributed by atoms with E-state index in [2.05, 4.69) is 85.0 Å². The first-order valence-electron chi connectivity index (χ1n) is 8.31. The van der Waals surface area contributed by atoms with Crippen LogP contribution in [0.3, 0.4) is 0 Å². The van der Waals surface area contributed by atoms with E-state index in [1.54, 1.807) is 0 Å². The lowest BCUT2D eigenvalue weighted by molar-refractivity contribution is 1.18. The highest BCUT2D eigenvalue weighted by molar-refractivity contribution is 6.10. The standard InChI is InChI=1S/C24H19N/c1-4-17-7-11-20(12-8-17)25-23-13-9-18(5-2)15-21(23)22-16-19(6-3)10-14-24(22)25/h4-16H,1-3H2. The Morgan fingerprint density at radius 1 is 0.560 bits per heavy atom. The Morgan fingerprint density at radius 2 is 1.00 bits per heavy atom. The van der Waals surface area contributed by atoms with Crippen molar-refractivity contribution in [1.82, 2.24) is 4.57 Å². The van der Waals surface area contributed by atoms with Crippen molar-refractivity contribution in [3.63, 3.8) is 0 Å². The molecule has 0 fully saturated rings. The molecule has 120 valence electrons. The van der Waals surface area contributed by atoms with Gasteiger partial charge in [0, 0.05) is 16.5 Å². The van der Waals surface area contributed by atoms with Crippen molar-refractivity contribution in [2.24, 2.45) is 0 Å². The Hall–Kier alpha value is -3.32. The van der Waals surface area contributed by atoms with Crippen LogP contribution >= 0.6 is 0 Å². The van der Waals surface area contributed by atoms with Crippen molar-refractivity contribution in [3.05, 3.63) is 97.1 Å². The van der Waals surface area contributed by atoms with Gasteiger partial charge < -0.3 is 4.57 Å². The van der Waals surface area contributed by atoms with E-state index in [9.17, 15) is 0 Å². The number of rotatable bonds is 4. The summed E-state index contributed by atoms with van der Waals surface area (Å²) in [6, 6.07) is 21.4. The van der Waals surface area contributed by atoms with Gasteiger partial charge in [0.15, 0.2) is 0 Å². The molecule has 0 aliphatic rings. The van der Waals surface area contributed by atoms with Crippen molar-refractivity contribution in [3.8, 4) is 5.69 Å². The second kappa shape index (κ2) is 5.95. The fraction of sp³-hybridized carbons (Fsp3) is 0. The van der Waals surface area contributed by atoms with E-state index in [-0.39, 0.29) is 0 Å². The van der Waals surface area contributed by atoms with Crippen LogP contribution in [0.15, 0.2) is 80.4 Å². The first kappa shape index (κ1) is 15.2. The van der Waals surface area contributed by atoms with Gasteiger partial charge in [-0.1, -0.05) is 62.2 Å². The maximum Gasteiger partial charge on any atom is 0.0541 e. The molecule has 1 heterocycles. The van der Waals surface area contributed by atoms with Gasteiger partial charge in [0.05, 0.1) is 11.0 Å². The number of fused-ring (bicyclic) bond motifs is 3. The third-order valence-electron chi connectivity index (χ3n) is 4.67. The molecule has 0 saturated carbocycles.